The lowest BCUT2D eigenvalue weighted by molar-refractivity contribution is -0.00725. The fourth-order valence-electron chi connectivity index (χ4n) is 1.30. The lowest BCUT2D eigenvalue weighted by Crippen LogP contribution is -2.14. The van der Waals surface area contributed by atoms with Crippen molar-refractivity contribution in [2.45, 2.75) is 17.9 Å². The Morgan fingerprint density at radius 1 is 1.17 bits per heavy atom. The molecule has 0 amide bonds. The van der Waals surface area contributed by atoms with E-state index in [1.54, 1.807) is 18.2 Å². The van der Waals surface area contributed by atoms with Gasteiger partial charge in [0.2, 0.25) is 0 Å². The Morgan fingerprint density at radius 2 is 1.67 bits per heavy atom. The molecule has 1 aromatic carbocycles. The largest absolute Gasteiger partial charge is 0.379 e. The molecule has 64 valence electrons. The van der Waals surface area contributed by atoms with Crippen molar-refractivity contribution >= 4 is 0 Å². The van der Waals surface area contributed by atoms with Crippen molar-refractivity contribution in [1.82, 2.24) is 0 Å². The Balaban J connectivity index is 2.35. The second-order valence-electron chi connectivity index (χ2n) is 3.11. The molecule has 0 saturated heterocycles. The van der Waals surface area contributed by atoms with Crippen molar-refractivity contribution in [3.63, 3.8) is 0 Å². The van der Waals surface area contributed by atoms with E-state index in [-0.39, 0.29) is 0 Å². The smallest absolute Gasteiger partial charge is 0.283 e. The average Bonchev–Trinajstić information content (AvgIpc) is 2.55. The molecule has 1 atom stereocenters. The van der Waals surface area contributed by atoms with Crippen LogP contribution in [0.15, 0.2) is 30.3 Å². The maximum atomic E-state index is 12.6. The monoisotopic (exact) mass is 170 g/mol. The summed E-state index contributed by atoms with van der Waals surface area (Å²) in [5, 5.41) is 9.38. The quantitative estimate of drug-likeness (QED) is 0.682. The van der Waals surface area contributed by atoms with Gasteiger partial charge in [0.25, 0.3) is 5.92 Å². The number of alkyl halides is 2. The van der Waals surface area contributed by atoms with E-state index < -0.39 is 17.9 Å². The summed E-state index contributed by atoms with van der Waals surface area (Å²) < 4.78 is 25.2. The molecule has 0 radical (unpaired) electrons. The number of benzene rings is 1. The van der Waals surface area contributed by atoms with Crippen LogP contribution in [-0.4, -0.2) is 11.0 Å². The van der Waals surface area contributed by atoms with E-state index in [0.29, 0.717) is 5.56 Å². The second kappa shape index (κ2) is 2.04. The zero-order valence-electron chi connectivity index (χ0n) is 6.30. The molecule has 1 unspecified atom stereocenters. The highest BCUT2D eigenvalue weighted by atomic mass is 19.3. The van der Waals surface area contributed by atoms with Crippen LogP contribution in [-0.2, 0) is 5.60 Å². The zero-order valence-corrected chi connectivity index (χ0v) is 6.30. The van der Waals surface area contributed by atoms with Crippen molar-refractivity contribution in [3.05, 3.63) is 35.9 Å². The molecule has 1 nitrogen and oxygen atoms in total. The number of rotatable bonds is 1. The minimum Gasteiger partial charge on any atom is -0.379 e. The molecule has 0 heterocycles. The van der Waals surface area contributed by atoms with Gasteiger partial charge in [0.1, 0.15) is 0 Å². The highest BCUT2D eigenvalue weighted by Crippen LogP contribution is 2.59. The highest BCUT2D eigenvalue weighted by Gasteiger charge is 2.71. The fraction of sp³-hybridized carbons (Fsp3) is 0.333. The number of hydrogen-bond donors (Lipinski definition) is 1. The van der Waals surface area contributed by atoms with Crippen LogP contribution < -0.4 is 0 Å². The number of hydrogen-bond acceptors (Lipinski definition) is 1. The van der Waals surface area contributed by atoms with Gasteiger partial charge in [-0.25, -0.2) is 8.78 Å². The first-order valence-corrected chi connectivity index (χ1v) is 3.72. The van der Waals surface area contributed by atoms with Gasteiger partial charge < -0.3 is 5.11 Å². The van der Waals surface area contributed by atoms with Gasteiger partial charge in [-0.15, -0.1) is 0 Å². The Labute approximate surface area is 68.6 Å². The highest BCUT2D eigenvalue weighted by molar-refractivity contribution is 5.32. The van der Waals surface area contributed by atoms with Crippen molar-refractivity contribution in [2.24, 2.45) is 0 Å². The molecular weight excluding hydrogens is 162 g/mol. The van der Waals surface area contributed by atoms with Crippen molar-refractivity contribution in [1.29, 1.82) is 0 Å². The SMILES string of the molecule is OC1(c2ccccc2)CC1(F)F. The Bertz CT molecular complexity index is 297. The van der Waals surface area contributed by atoms with Crippen LogP contribution in [0.5, 0.6) is 0 Å². The van der Waals surface area contributed by atoms with Crippen molar-refractivity contribution < 1.29 is 13.9 Å². The van der Waals surface area contributed by atoms with Crippen LogP contribution in [0.1, 0.15) is 12.0 Å². The first kappa shape index (κ1) is 7.68. The second-order valence-corrected chi connectivity index (χ2v) is 3.11. The van der Waals surface area contributed by atoms with Crippen molar-refractivity contribution in [3.8, 4) is 0 Å². The standard InChI is InChI=1S/C9H8F2O/c10-9(11)6-8(9,12)7-4-2-1-3-5-7/h1-5,12H,6H2. The molecular formula is C9H8F2O. The molecule has 2 rings (SSSR count). The lowest BCUT2D eigenvalue weighted by atomic mass is 10.1. The van der Waals surface area contributed by atoms with Gasteiger partial charge in [-0.2, -0.15) is 0 Å². The normalized spacial score (nSPS) is 31.6. The first-order chi connectivity index (χ1) is 5.56. The molecule has 1 aliphatic rings. The Kier molecular flexibility index (Phi) is 1.31. The molecule has 0 spiro atoms. The predicted octanol–water partition coefficient (Wildman–Crippen LogP) is 1.91. The molecule has 0 aromatic heterocycles. The molecule has 12 heavy (non-hydrogen) atoms. The third kappa shape index (κ3) is 0.862. The summed E-state index contributed by atoms with van der Waals surface area (Å²) in [6.45, 7) is 0. The van der Waals surface area contributed by atoms with Crippen LogP contribution in [0, 0.1) is 0 Å². The average molecular weight is 170 g/mol. The van der Waals surface area contributed by atoms with E-state index in [4.69, 9.17) is 0 Å². The zero-order chi connectivity index (χ0) is 8.82. The van der Waals surface area contributed by atoms with E-state index >= 15 is 0 Å². The van der Waals surface area contributed by atoms with Crippen LogP contribution in [0.4, 0.5) is 8.78 Å². The molecule has 3 heteroatoms. The van der Waals surface area contributed by atoms with Crippen LogP contribution in [0.3, 0.4) is 0 Å². The number of aliphatic hydroxyl groups is 1. The van der Waals surface area contributed by atoms with Gasteiger partial charge in [-0.05, 0) is 5.56 Å². The summed E-state index contributed by atoms with van der Waals surface area (Å²) in [7, 11) is 0. The van der Waals surface area contributed by atoms with Gasteiger partial charge in [-0.3, -0.25) is 0 Å². The van der Waals surface area contributed by atoms with Gasteiger partial charge in [-0.1, -0.05) is 30.3 Å². The fourth-order valence-corrected chi connectivity index (χ4v) is 1.30. The van der Waals surface area contributed by atoms with Gasteiger partial charge in [0, 0.05) is 0 Å². The summed E-state index contributed by atoms with van der Waals surface area (Å²) in [6.07, 6.45) is -0.454. The summed E-state index contributed by atoms with van der Waals surface area (Å²) in [6, 6.07) is 8.04. The van der Waals surface area contributed by atoms with E-state index in [1.807, 2.05) is 0 Å². The summed E-state index contributed by atoms with van der Waals surface area (Å²) in [5.41, 5.74) is -1.59. The van der Waals surface area contributed by atoms with Gasteiger partial charge >= 0.3 is 0 Å². The molecule has 1 N–H and O–H groups in total. The molecule has 1 aromatic rings. The predicted molar refractivity (Wildman–Crippen MR) is 39.9 cm³/mol. The lowest BCUT2D eigenvalue weighted by Gasteiger charge is -2.08. The third-order valence-corrected chi connectivity index (χ3v) is 2.21. The minimum absolute atomic E-state index is 0.301. The molecule has 0 aliphatic heterocycles. The maximum Gasteiger partial charge on any atom is 0.283 e. The third-order valence-electron chi connectivity index (χ3n) is 2.21. The number of halogens is 2. The van der Waals surface area contributed by atoms with Crippen LogP contribution in [0.2, 0.25) is 0 Å². The topological polar surface area (TPSA) is 20.2 Å². The summed E-state index contributed by atoms with van der Waals surface area (Å²) in [4.78, 5) is 0. The maximum absolute atomic E-state index is 12.6. The Morgan fingerprint density at radius 3 is 2.08 bits per heavy atom. The van der Waals surface area contributed by atoms with Gasteiger partial charge in [0.05, 0.1) is 6.42 Å². The minimum atomic E-state index is -2.94. The van der Waals surface area contributed by atoms with E-state index in [2.05, 4.69) is 0 Å². The van der Waals surface area contributed by atoms with Gasteiger partial charge in [0.15, 0.2) is 5.60 Å². The first-order valence-electron chi connectivity index (χ1n) is 3.72. The van der Waals surface area contributed by atoms with E-state index in [9.17, 15) is 13.9 Å². The van der Waals surface area contributed by atoms with Crippen molar-refractivity contribution in [2.75, 3.05) is 0 Å². The summed E-state index contributed by atoms with van der Waals surface area (Å²) in [5.74, 6) is -2.94. The van der Waals surface area contributed by atoms with Crippen LogP contribution >= 0.6 is 0 Å². The van der Waals surface area contributed by atoms with E-state index in [0.717, 1.165) is 0 Å². The molecule has 1 aliphatic carbocycles. The molecule has 1 fully saturated rings. The van der Waals surface area contributed by atoms with E-state index in [1.165, 1.54) is 12.1 Å². The summed E-state index contributed by atoms with van der Waals surface area (Å²) >= 11 is 0. The molecule has 0 bridgehead atoms. The Hall–Kier alpha value is -0.960. The van der Waals surface area contributed by atoms with Crippen LogP contribution in [0.25, 0.3) is 0 Å². The molecule has 1 saturated carbocycles.